The molecule has 0 unspecified atom stereocenters. The van der Waals surface area contributed by atoms with E-state index in [1.807, 2.05) is 42.5 Å². The number of allylic oxidation sites excluding steroid dienone is 1. The number of hydrogen-bond donors (Lipinski definition) is 0. The number of rotatable bonds is 5. The summed E-state index contributed by atoms with van der Waals surface area (Å²) in [5, 5.41) is 0.617. The van der Waals surface area contributed by atoms with Crippen LogP contribution < -0.4 is 9.64 Å². The monoisotopic (exact) mass is 448 g/mol. The third-order valence-electron chi connectivity index (χ3n) is 5.63. The van der Waals surface area contributed by atoms with Gasteiger partial charge in [0, 0.05) is 34.6 Å². The van der Waals surface area contributed by atoms with Crippen LogP contribution in [0.2, 0.25) is 5.02 Å². The Kier molecular flexibility index (Phi) is 6.07. The molecule has 1 aliphatic heterocycles. The van der Waals surface area contributed by atoms with Crippen molar-refractivity contribution in [3.05, 3.63) is 88.7 Å². The van der Waals surface area contributed by atoms with E-state index in [9.17, 15) is 4.39 Å². The molecule has 32 heavy (non-hydrogen) atoms. The Hall–Kier alpha value is -3.11. The van der Waals surface area contributed by atoms with E-state index in [-0.39, 0.29) is 11.4 Å². The first-order valence-electron chi connectivity index (χ1n) is 10.7. The number of aliphatic imine (C=N–C) groups is 1. The minimum Gasteiger partial charge on any atom is -0.457 e. The fraction of sp³-hybridized carbons (Fsp3) is 0.222. The van der Waals surface area contributed by atoms with E-state index >= 15 is 0 Å². The lowest BCUT2D eigenvalue weighted by molar-refractivity contribution is 0.483. The van der Waals surface area contributed by atoms with Crippen molar-refractivity contribution in [2.75, 3.05) is 11.4 Å². The summed E-state index contributed by atoms with van der Waals surface area (Å²) in [6, 6.07) is 18.0. The van der Waals surface area contributed by atoms with Crippen molar-refractivity contribution >= 4 is 34.8 Å². The minimum absolute atomic E-state index is 0.150. The van der Waals surface area contributed by atoms with Gasteiger partial charge in [0.15, 0.2) is 0 Å². The second kappa shape index (κ2) is 8.79. The lowest BCUT2D eigenvalue weighted by Crippen LogP contribution is -2.45. The molecular weight excluding hydrogens is 423 g/mol. The first kappa shape index (κ1) is 22.1. The number of ether oxygens (including phenoxy) is 1. The predicted octanol–water partition coefficient (Wildman–Crippen LogP) is 8.04. The smallest absolute Gasteiger partial charge is 0.134 e. The van der Waals surface area contributed by atoms with Crippen molar-refractivity contribution in [2.24, 2.45) is 4.99 Å². The van der Waals surface area contributed by atoms with E-state index in [4.69, 9.17) is 16.3 Å². The normalized spacial score (nSPS) is 14.9. The van der Waals surface area contributed by atoms with Crippen LogP contribution in [0.1, 0.15) is 38.8 Å². The van der Waals surface area contributed by atoms with Crippen LogP contribution in [0.4, 0.5) is 15.8 Å². The lowest BCUT2D eigenvalue weighted by atomic mass is 9.88. The molecule has 0 aliphatic carbocycles. The maximum absolute atomic E-state index is 14.9. The number of benzene rings is 3. The molecule has 1 heterocycles. The van der Waals surface area contributed by atoms with Gasteiger partial charge in [-0.15, -0.1) is 0 Å². The van der Waals surface area contributed by atoms with E-state index in [2.05, 4.69) is 43.7 Å². The molecule has 1 aliphatic rings. The summed E-state index contributed by atoms with van der Waals surface area (Å²) < 4.78 is 20.7. The summed E-state index contributed by atoms with van der Waals surface area (Å²) in [5.74, 6) is 1.06. The molecule has 0 saturated carbocycles. The molecule has 164 valence electrons. The zero-order chi connectivity index (χ0) is 22.9. The summed E-state index contributed by atoms with van der Waals surface area (Å²) in [6.45, 7) is 9.27. The fourth-order valence-corrected chi connectivity index (χ4v) is 4.38. The molecule has 0 atom stereocenters. The Morgan fingerprint density at radius 3 is 2.50 bits per heavy atom. The van der Waals surface area contributed by atoms with Crippen LogP contribution in [0.25, 0.3) is 5.57 Å². The van der Waals surface area contributed by atoms with Crippen molar-refractivity contribution in [3.63, 3.8) is 0 Å². The van der Waals surface area contributed by atoms with Crippen molar-refractivity contribution in [2.45, 2.75) is 33.2 Å². The van der Waals surface area contributed by atoms with Gasteiger partial charge in [-0.25, -0.2) is 4.39 Å². The molecule has 0 radical (unpaired) electrons. The van der Waals surface area contributed by atoms with E-state index in [1.54, 1.807) is 24.4 Å². The quantitative estimate of drug-likeness (QED) is 0.369. The largest absolute Gasteiger partial charge is 0.457 e. The van der Waals surface area contributed by atoms with Gasteiger partial charge in [-0.2, -0.15) is 0 Å². The number of halogens is 2. The van der Waals surface area contributed by atoms with Crippen molar-refractivity contribution in [1.29, 1.82) is 0 Å². The van der Waals surface area contributed by atoms with Crippen LogP contribution in [-0.2, 0) is 0 Å². The molecule has 0 amide bonds. The maximum atomic E-state index is 14.9. The molecule has 3 nitrogen and oxygen atoms in total. The minimum atomic E-state index is -0.280. The van der Waals surface area contributed by atoms with Crippen molar-refractivity contribution in [3.8, 4) is 11.5 Å². The van der Waals surface area contributed by atoms with E-state index in [0.29, 0.717) is 27.8 Å². The van der Waals surface area contributed by atoms with Gasteiger partial charge in [-0.3, -0.25) is 4.99 Å². The Labute approximate surface area is 193 Å². The van der Waals surface area contributed by atoms with Gasteiger partial charge < -0.3 is 9.64 Å². The van der Waals surface area contributed by atoms with Crippen LogP contribution >= 0.6 is 11.6 Å². The van der Waals surface area contributed by atoms with Gasteiger partial charge in [0.25, 0.3) is 0 Å². The van der Waals surface area contributed by atoms with Crippen molar-refractivity contribution < 1.29 is 9.13 Å². The molecular formula is C27H26ClFN2O. The number of fused-ring (bicyclic) bond motifs is 1. The number of hydrogen-bond acceptors (Lipinski definition) is 3. The van der Waals surface area contributed by atoms with Gasteiger partial charge in [0.05, 0.1) is 11.2 Å². The van der Waals surface area contributed by atoms with E-state index in [0.717, 1.165) is 23.4 Å². The summed E-state index contributed by atoms with van der Waals surface area (Å²) in [6.07, 6.45) is 3.81. The van der Waals surface area contributed by atoms with Gasteiger partial charge in [0.1, 0.15) is 17.3 Å². The molecule has 0 N–H and O–H groups in total. The van der Waals surface area contributed by atoms with Gasteiger partial charge in [0.2, 0.25) is 0 Å². The number of anilines is 1. The molecule has 4 rings (SSSR count). The highest BCUT2D eigenvalue weighted by Crippen LogP contribution is 2.39. The molecule has 0 bridgehead atoms. The first-order valence-corrected chi connectivity index (χ1v) is 11.0. The SMILES string of the molecule is CCN1c2cc(F)c(C=Nc3ccc(Oc4cccc(Cl)c4)cc3)cc2C(C)=CC1(C)C. The standard InChI is InChI=1S/C27H26ClFN2O/c1-5-31-26-15-25(29)19(13-24(26)18(2)16-27(31,3)4)17-30-21-9-11-22(12-10-21)32-23-8-6-7-20(28)14-23/h6-17H,5H2,1-4H3. The van der Waals surface area contributed by atoms with Gasteiger partial charge >= 0.3 is 0 Å². The summed E-state index contributed by atoms with van der Waals surface area (Å²) in [5.41, 5.74) is 4.14. The van der Waals surface area contributed by atoms with E-state index < -0.39 is 0 Å². The van der Waals surface area contributed by atoms with Crippen LogP contribution in [0, 0.1) is 5.82 Å². The summed E-state index contributed by atoms with van der Waals surface area (Å²) in [4.78, 5) is 6.69. The molecule has 0 aromatic heterocycles. The Balaban J connectivity index is 1.56. The average molecular weight is 449 g/mol. The van der Waals surface area contributed by atoms with Crippen molar-refractivity contribution in [1.82, 2.24) is 0 Å². The van der Waals surface area contributed by atoms with Crippen LogP contribution in [-0.4, -0.2) is 18.3 Å². The lowest BCUT2D eigenvalue weighted by Gasteiger charge is -2.42. The highest BCUT2D eigenvalue weighted by Gasteiger charge is 2.30. The molecule has 5 heteroatoms. The topological polar surface area (TPSA) is 24.8 Å². The zero-order valence-corrected chi connectivity index (χ0v) is 19.4. The molecule has 3 aromatic rings. The highest BCUT2D eigenvalue weighted by atomic mass is 35.5. The zero-order valence-electron chi connectivity index (χ0n) is 18.7. The van der Waals surface area contributed by atoms with Crippen LogP contribution in [0.5, 0.6) is 11.5 Å². The average Bonchev–Trinajstić information content (AvgIpc) is 2.73. The number of likely N-dealkylation sites (N-methyl/N-ethyl adjacent to an activating group) is 1. The first-order chi connectivity index (χ1) is 15.3. The van der Waals surface area contributed by atoms with Crippen LogP contribution in [0.15, 0.2) is 71.7 Å². The predicted molar refractivity (Wildman–Crippen MR) is 132 cm³/mol. The second-order valence-electron chi connectivity index (χ2n) is 8.43. The third-order valence-corrected chi connectivity index (χ3v) is 5.87. The van der Waals surface area contributed by atoms with Gasteiger partial charge in [-0.05, 0) is 87.9 Å². The van der Waals surface area contributed by atoms with Crippen LogP contribution in [0.3, 0.4) is 0 Å². The summed E-state index contributed by atoms with van der Waals surface area (Å²) in [7, 11) is 0. The van der Waals surface area contributed by atoms with E-state index in [1.165, 1.54) is 0 Å². The highest BCUT2D eigenvalue weighted by molar-refractivity contribution is 6.30. The fourth-order valence-electron chi connectivity index (χ4n) is 4.20. The third kappa shape index (κ3) is 4.56. The Morgan fingerprint density at radius 2 is 1.81 bits per heavy atom. The Bertz CT molecular complexity index is 1200. The molecule has 3 aromatic carbocycles. The Morgan fingerprint density at radius 1 is 1.06 bits per heavy atom. The molecule has 0 spiro atoms. The molecule has 0 fully saturated rings. The summed E-state index contributed by atoms with van der Waals surface area (Å²) >= 11 is 6.00. The van der Waals surface area contributed by atoms with Gasteiger partial charge in [-0.1, -0.05) is 23.7 Å². The molecule has 0 saturated heterocycles. The second-order valence-corrected chi connectivity index (χ2v) is 8.86. The number of nitrogens with zero attached hydrogens (tertiary/aromatic N) is 2. The maximum Gasteiger partial charge on any atom is 0.134 e.